The predicted octanol–water partition coefficient (Wildman–Crippen LogP) is 1.77. The van der Waals surface area contributed by atoms with Crippen molar-refractivity contribution in [3.63, 3.8) is 0 Å². The van der Waals surface area contributed by atoms with E-state index in [1.54, 1.807) is 6.92 Å². The van der Waals surface area contributed by atoms with E-state index in [2.05, 4.69) is 32.0 Å². The Kier molecular flexibility index (Phi) is 3.48. The minimum Gasteiger partial charge on any atom is -0.304 e. The number of nitrogens with zero attached hydrogens (tertiary/aromatic N) is 3. The van der Waals surface area contributed by atoms with Crippen molar-refractivity contribution in [3.05, 3.63) is 22.3 Å². The topological polar surface area (TPSA) is 83.6 Å². The molecule has 7 heteroatoms. The summed E-state index contributed by atoms with van der Waals surface area (Å²) in [6, 6.07) is 1.84. The van der Waals surface area contributed by atoms with Gasteiger partial charge in [0.15, 0.2) is 5.82 Å². The standard InChI is InChI=1S/C10H13N5OS/c1-3-4-7-5-8(14-13-7)11-10(16)9-6(2)12-15-17-9/h5H,3-4H2,1-2H3,(H2,11,13,14,16). The number of hydrogen-bond donors (Lipinski definition) is 2. The summed E-state index contributed by atoms with van der Waals surface area (Å²) in [6.45, 7) is 3.84. The molecule has 2 aromatic heterocycles. The van der Waals surface area contributed by atoms with Crippen LogP contribution in [0.1, 0.15) is 34.4 Å². The Morgan fingerprint density at radius 1 is 1.59 bits per heavy atom. The molecule has 0 spiro atoms. The van der Waals surface area contributed by atoms with E-state index in [1.165, 1.54) is 0 Å². The van der Waals surface area contributed by atoms with Crippen molar-refractivity contribution in [1.29, 1.82) is 0 Å². The van der Waals surface area contributed by atoms with E-state index in [0.29, 0.717) is 16.4 Å². The average molecular weight is 251 g/mol. The van der Waals surface area contributed by atoms with E-state index >= 15 is 0 Å². The van der Waals surface area contributed by atoms with Gasteiger partial charge in [-0.25, -0.2) is 0 Å². The van der Waals surface area contributed by atoms with Crippen LogP contribution in [0, 0.1) is 6.92 Å². The molecule has 2 aromatic rings. The van der Waals surface area contributed by atoms with E-state index in [-0.39, 0.29) is 5.91 Å². The second kappa shape index (κ2) is 5.05. The van der Waals surface area contributed by atoms with Gasteiger partial charge < -0.3 is 5.32 Å². The van der Waals surface area contributed by atoms with E-state index in [9.17, 15) is 4.79 Å². The number of carbonyl (C=O) groups is 1. The number of aryl methyl sites for hydroxylation is 2. The van der Waals surface area contributed by atoms with Crippen LogP contribution in [0.15, 0.2) is 6.07 Å². The maximum atomic E-state index is 11.8. The third-order valence-electron chi connectivity index (χ3n) is 2.25. The summed E-state index contributed by atoms with van der Waals surface area (Å²) >= 11 is 1.08. The smallest absolute Gasteiger partial charge is 0.270 e. The Morgan fingerprint density at radius 3 is 3.06 bits per heavy atom. The normalized spacial score (nSPS) is 10.5. The van der Waals surface area contributed by atoms with Crippen LogP contribution >= 0.6 is 11.5 Å². The molecule has 0 aromatic carbocycles. The summed E-state index contributed by atoms with van der Waals surface area (Å²) in [5.41, 5.74) is 1.65. The van der Waals surface area contributed by atoms with Gasteiger partial charge in [0.2, 0.25) is 0 Å². The Hall–Kier alpha value is -1.76. The highest BCUT2D eigenvalue weighted by molar-refractivity contribution is 7.08. The molecule has 0 atom stereocenters. The van der Waals surface area contributed by atoms with Gasteiger partial charge in [0.1, 0.15) is 4.88 Å². The summed E-state index contributed by atoms with van der Waals surface area (Å²) in [5.74, 6) is 0.318. The fourth-order valence-electron chi connectivity index (χ4n) is 1.44. The molecule has 0 bridgehead atoms. The molecule has 0 fully saturated rings. The van der Waals surface area contributed by atoms with Crippen LogP contribution in [0.3, 0.4) is 0 Å². The van der Waals surface area contributed by atoms with Crippen molar-refractivity contribution < 1.29 is 4.79 Å². The lowest BCUT2D eigenvalue weighted by atomic mass is 10.2. The van der Waals surface area contributed by atoms with E-state index in [4.69, 9.17) is 0 Å². The maximum Gasteiger partial charge on any atom is 0.270 e. The number of aromatic amines is 1. The summed E-state index contributed by atoms with van der Waals surface area (Å²) in [6.07, 6.45) is 1.96. The zero-order valence-corrected chi connectivity index (χ0v) is 10.5. The van der Waals surface area contributed by atoms with Gasteiger partial charge in [-0.3, -0.25) is 9.89 Å². The molecule has 17 heavy (non-hydrogen) atoms. The number of nitrogens with one attached hydrogen (secondary N) is 2. The van der Waals surface area contributed by atoms with Crippen LogP contribution in [0.5, 0.6) is 0 Å². The number of rotatable bonds is 4. The van der Waals surface area contributed by atoms with Crippen LogP contribution in [-0.4, -0.2) is 25.7 Å². The second-order valence-corrected chi connectivity index (χ2v) is 4.42. The maximum absolute atomic E-state index is 11.8. The first kappa shape index (κ1) is 11.7. The van der Waals surface area contributed by atoms with E-state index in [1.807, 2.05) is 6.07 Å². The summed E-state index contributed by atoms with van der Waals surface area (Å²) in [7, 11) is 0. The highest BCUT2D eigenvalue weighted by Crippen LogP contribution is 2.13. The van der Waals surface area contributed by atoms with Crippen molar-refractivity contribution in [3.8, 4) is 0 Å². The van der Waals surface area contributed by atoms with Gasteiger partial charge in [-0.2, -0.15) is 5.10 Å². The first-order valence-electron chi connectivity index (χ1n) is 5.35. The highest BCUT2D eigenvalue weighted by atomic mass is 32.1. The molecule has 2 heterocycles. The predicted molar refractivity (Wildman–Crippen MR) is 65.2 cm³/mol. The summed E-state index contributed by atoms with van der Waals surface area (Å²) in [4.78, 5) is 12.3. The minimum absolute atomic E-state index is 0.216. The molecule has 90 valence electrons. The molecular weight excluding hydrogens is 238 g/mol. The number of anilines is 1. The number of hydrogen-bond acceptors (Lipinski definition) is 5. The SMILES string of the molecule is CCCc1cc(NC(=O)c2snnc2C)n[nH]1. The number of H-pyrrole nitrogens is 1. The Morgan fingerprint density at radius 2 is 2.41 bits per heavy atom. The minimum atomic E-state index is -0.216. The highest BCUT2D eigenvalue weighted by Gasteiger charge is 2.14. The molecule has 0 aliphatic heterocycles. The lowest BCUT2D eigenvalue weighted by Crippen LogP contribution is -2.11. The lowest BCUT2D eigenvalue weighted by molar-refractivity contribution is 0.102. The van der Waals surface area contributed by atoms with Gasteiger partial charge in [0.05, 0.1) is 5.69 Å². The van der Waals surface area contributed by atoms with Gasteiger partial charge in [-0.15, -0.1) is 5.10 Å². The molecule has 0 unspecified atom stereocenters. The second-order valence-electron chi connectivity index (χ2n) is 3.67. The van der Waals surface area contributed by atoms with Gasteiger partial charge in [0.25, 0.3) is 5.91 Å². The quantitative estimate of drug-likeness (QED) is 0.867. The first-order valence-corrected chi connectivity index (χ1v) is 6.12. The zero-order chi connectivity index (χ0) is 12.3. The summed E-state index contributed by atoms with van der Waals surface area (Å²) < 4.78 is 3.72. The van der Waals surface area contributed by atoms with Gasteiger partial charge in [-0.1, -0.05) is 17.8 Å². The molecule has 0 radical (unpaired) electrons. The van der Waals surface area contributed by atoms with Crippen molar-refractivity contribution in [1.82, 2.24) is 19.8 Å². The Labute approximate surface area is 103 Å². The molecular formula is C10H13N5OS. The van der Waals surface area contributed by atoms with Crippen molar-refractivity contribution >= 4 is 23.3 Å². The van der Waals surface area contributed by atoms with Crippen LogP contribution in [0.4, 0.5) is 5.82 Å². The van der Waals surface area contributed by atoms with Crippen LogP contribution < -0.4 is 5.32 Å². The molecule has 0 aliphatic rings. The third-order valence-corrected chi connectivity index (χ3v) is 3.08. The molecule has 2 N–H and O–H groups in total. The number of amides is 1. The zero-order valence-electron chi connectivity index (χ0n) is 9.65. The van der Waals surface area contributed by atoms with Gasteiger partial charge >= 0.3 is 0 Å². The van der Waals surface area contributed by atoms with Gasteiger partial charge in [0, 0.05) is 11.8 Å². The number of aromatic nitrogens is 4. The molecule has 1 amide bonds. The molecule has 0 aliphatic carbocycles. The first-order chi connectivity index (χ1) is 8.20. The van der Waals surface area contributed by atoms with Gasteiger partial charge in [-0.05, 0) is 24.9 Å². The molecule has 6 nitrogen and oxygen atoms in total. The molecule has 0 saturated heterocycles. The van der Waals surface area contributed by atoms with E-state index in [0.717, 1.165) is 30.1 Å². The lowest BCUT2D eigenvalue weighted by Gasteiger charge is -1.97. The summed E-state index contributed by atoms with van der Waals surface area (Å²) in [5, 5.41) is 13.4. The fraction of sp³-hybridized carbons (Fsp3) is 0.400. The molecule has 0 saturated carbocycles. The van der Waals surface area contributed by atoms with Crippen molar-refractivity contribution in [2.24, 2.45) is 0 Å². The third kappa shape index (κ3) is 2.68. The Bertz CT molecular complexity index is 518. The van der Waals surface area contributed by atoms with Crippen LogP contribution in [-0.2, 0) is 6.42 Å². The number of carbonyl (C=O) groups excluding carboxylic acids is 1. The molecule has 2 rings (SSSR count). The largest absolute Gasteiger partial charge is 0.304 e. The fourth-order valence-corrected chi connectivity index (χ4v) is 1.99. The average Bonchev–Trinajstić information content (AvgIpc) is 2.88. The van der Waals surface area contributed by atoms with Crippen LogP contribution in [0.25, 0.3) is 0 Å². The Balaban J connectivity index is 2.05. The van der Waals surface area contributed by atoms with Crippen LogP contribution in [0.2, 0.25) is 0 Å². The monoisotopic (exact) mass is 251 g/mol. The van der Waals surface area contributed by atoms with Crippen molar-refractivity contribution in [2.75, 3.05) is 5.32 Å². The van der Waals surface area contributed by atoms with Crippen molar-refractivity contribution in [2.45, 2.75) is 26.7 Å². The van der Waals surface area contributed by atoms with E-state index < -0.39 is 0 Å².